The Morgan fingerprint density at radius 1 is 1.05 bits per heavy atom. The maximum Gasteiger partial charge on any atom is 0.0576 e. The first kappa shape index (κ1) is 17.3. The van der Waals surface area contributed by atoms with Crippen LogP contribution in [0.5, 0.6) is 0 Å². The quantitative estimate of drug-likeness (QED) is 0.696. The van der Waals surface area contributed by atoms with E-state index in [1.807, 2.05) is 0 Å². The van der Waals surface area contributed by atoms with Crippen molar-refractivity contribution < 1.29 is 4.74 Å². The fourth-order valence-electron chi connectivity index (χ4n) is 4.38. The molecule has 1 aliphatic heterocycles. The van der Waals surface area contributed by atoms with Gasteiger partial charge < -0.3 is 10.1 Å². The molecule has 2 aliphatic rings. The van der Waals surface area contributed by atoms with Crippen LogP contribution in [0.2, 0.25) is 0 Å². The molecule has 0 radical (unpaired) electrons. The van der Waals surface area contributed by atoms with Gasteiger partial charge in [-0.3, -0.25) is 0 Å². The van der Waals surface area contributed by atoms with Gasteiger partial charge in [-0.1, -0.05) is 40.0 Å². The molecule has 21 heavy (non-hydrogen) atoms. The summed E-state index contributed by atoms with van der Waals surface area (Å²) in [6.45, 7) is 9.11. The second-order valence-electron chi connectivity index (χ2n) is 7.76. The van der Waals surface area contributed by atoms with Crippen LogP contribution in [-0.2, 0) is 4.74 Å². The fourth-order valence-corrected chi connectivity index (χ4v) is 4.38. The monoisotopic (exact) mass is 295 g/mol. The van der Waals surface area contributed by atoms with Crippen LogP contribution in [0.25, 0.3) is 0 Å². The minimum atomic E-state index is 0.579. The standard InChI is InChI=1S/C19H37NO/c1-4-6-16-8-9-18(14-20-15(2)3)17(13-16)10-11-19-7-5-12-21-19/h15-20H,4-14H2,1-3H3. The first-order chi connectivity index (χ1) is 10.2. The molecule has 0 spiro atoms. The molecule has 2 rings (SSSR count). The van der Waals surface area contributed by atoms with Crippen molar-refractivity contribution in [1.29, 1.82) is 0 Å². The molecule has 2 fully saturated rings. The van der Waals surface area contributed by atoms with Crippen LogP contribution >= 0.6 is 0 Å². The minimum absolute atomic E-state index is 0.579. The Bertz CT molecular complexity index is 273. The van der Waals surface area contributed by atoms with Gasteiger partial charge in [-0.15, -0.1) is 0 Å². The van der Waals surface area contributed by atoms with Crippen molar-refractivity contribution >= 4 is 0 Å². The van der Waals surface area contributed by atoms with Gasteiger partial charge in [0.15, 0.2) is 0 Å². The smallest absolute Gasteiger partial charge is 0.0576 e. The zero-order valence-corrected chi connectivity index (χ0v) is 14.6. The Kier molecular flexibility index (Phi) is 7.53. The molecule has 0 aromatic rings. The fraction of sp³-hybridized carbons (Fsp3) is 1.00. The predicted molar refractivity (Wildman–Crippen MR) is 90.6 cm³/mol. The molecule has 0 bridgehead atoms. The van der Waals surface area contributed by atoms with Gasteiger partial charge in [0.25, 0.3) is 0 Å². The highest BCUT2D eigenvalue weighted by Gasteiger charge is 2.30. The molecular weight excluding hydrogens is 258 g/mol. The second kappa shape index (κ2) is 9.15. The average Bonchev–Trinajstić information content (AvgIpc) is 2.97. The van der Waals surface area contributed by atoms with E-state index >= 15 is 0 Å². The molecular formula is C19H37NO. The highest BCUT2D eigenvalue weighted by atomic mass is 16.5. The number of hydrogen-bond donors (Lipinski definition) is 1. The van der Waals surface area contributed by atoms with Crippen molar-refractivity contribution in [3.63, 3.8) is 0 Å². The van der Waals surface area contributed by atoms with Crippen LogP contribution in [0.4, 0.5) is 0 Å². The minimum Gasteiger partial charge on any atom is -0.378 e. The van der Waals surface area contributed by atoms with Crippen molar-refractivity contribution in [3.8, 4) is 0 Å². The van der Waals surface area contributed by atoms with Crippen LogP contribution < -0.4 is 5.32 Å². The molecule has 0 aromatic carbocycles. The van der Waals surface area contributed by atoms with E-state index in [9.17, 15) is 0 Å². The summed E-state index contributed by atoms with van der Waals surface area (Å²) in [6.07, 6.45) is 13.1. The summed E-state index contributed by atoms with van der Waals surface area (Å²) in [6, 6.07) is 0.622. The molecule has 1 aliphatic carbocycles. The first-order valence-electron chi connectivity index (χ1n) is 9.54. The number of nitrogens with one attached hydrogen (secondary N) is 1. The molecule has 1 saturated carbocycles. The van der Waals surface area contributed by atoms with Gasteiger partial charge in [-0.2, -0.15) is 0 Å². The van der Waals surface area contributed by atoms with Crippen LogP contribution in [0.3, 0.4) is 0 Å². The van der Waals surface area contributed by atoms with Crippen molar-refractivity contribution in [3.05, 3.63) is 0 Å². The lowest BCUT2D eigenvalue weighted by atomic mass is 9.70. The van der Waals surface area contributed by atoms with Gasteiger partial charge in [0.1, 0.15) is 0 Å². The molecule has 2 heteroatoms. The summed E-state index contributed by atoms with van der Waals surface area (Å²) < 4.78 is 5.84. The van der Waals surface area contributed by atoms with Crippen molar-refractivity contribution in [1.82, 2.24) is 5.32 Å². The van der Waals surface area contributed by atoms with Crippen molar-refractivity contribution in [2.45, 2.75) is 90.7 Å². The third-order valence-electron chi connectivity index (χ3n) is 5.62. The Morgan fingerprint density at radius 3 is 2.57 bits per heavy atom. The van der Waals surface area contributed by atoms with Crippen LogP contribution in [-0.4, -0.2) is 25.3 Å². The summed E-state index contributed by atoms with van der Waals surface area (Å²) in [5.41, 5.74) is 0. The Balaban J connectivity index is 1.81. The Morgan fingerprint density at radius 2 is 1.90 bits per heavy atom. The van der Waals surface area contributed by atoms with Gasteiger partial charge in [-0.05, 0) is 62.8 Å². The van der Waals surface area contributed by atoms with E-state index in [2.05, 4.69) is 26.1 Å². The third kappa shape index (κ3) is 5.90. The number of hydrogen-bond acceptors (Lipinski definition) is 2. The lowest BCUT2D eigenvalue weighted by Gasteiger charge is -2.37. The Labute approximate surface area is 132 Å². The molecule has 4 unspecified atom stereocenters. The summed E-state index contributed by atoms with van der Waals surface area (Å²) in [5, 5.41) is 3.69. The van der Waals surface area contributed by atoms with Gasteiger partial charge in [0, 0.05) is 12.6 Å². The normalized spacial score (nSPS) is 33.7. The van der Waals surface area contributed by atoms with Crippen molar-refractivity contribution in [2.24, 2.45) is 17.8 Å². The van der Waals surface area contributed by atoms with Crippen LogP contribution in [0.15, 0.2) is 0 Å². The average molecular weight is 296 g/mol. The third-order valence-corrected chi connectivity index (χ3v) is 5.62. The lowest BCUT2D eigenvalue weighted by molar-refractivity contribution is 0.0831. The maximum atomic E-state index is 5.84. The molecule has 1 heterocycles. The van der Waals surface area contributed by atoms with E-state index in [0.29, 0.717) is 12.1 Å². The van der Waals surface area contributed by atoms with Crippen molar-refractivity contribution in [2.75, 3.05) is 13.2 Å². The summed E-state index contributed by atoms with van der Waals surface area (Å²) >= 11 is 0. The van der Waals surface area contributed by atoms with Crippen LogP contribution in [0.1, 0.15) is 78.6 Å². The summed E-state index contributed by atoms with van der Waals surface area (Å²) in [5.74, 6) is 2.84. The van der Waals surface area contributed by atoms with E-state index < -0.39 is 0 Å². The molecule has 0 amide bonds. The van der Waals surface area contributed by atoms with E-state index in [1.54, 1.807) is 0 Å². The number of rotatable bonds is 8. The maximum absolute atomic E-state index is 5.84. The highest BCUT2D eigenvalue weighted by molar-refractivity contribution is 4.83. The van der Waals surface area contributed by atoms with Gasteiger partial charge in [0.2, 0.25) is 0 Å². The molecule has 4 atom stereocenters. The lowest BCUT2D eigenvalue weighted by Crippen LogP contribution is -2.36. The van der Waals surface area contributed by atoms with Gasteiger partial charge >= 0.3 is 0 Å². The first-order valence-corrected chi connectivity index (χ1v) is 9.54. The van der Waals surface area contributed by atoms with Gasteiger partial charge in [0.05, 0.1) is 6.10 Å². The van der Waals surface area contributed by atoms with Crippen LogP contribution in [0, 0.1) is 17.8 Å². The van der Waals surface area contributed by atoms with E-state index in [-0.39, 0.29) is 0 Å². The van der Waals surface area contributed by atoms with E-state index in [1.165, 1.54) is 64.3 Å². The zero-order valence-electron chi connectivity index (χ0n) is 14.6. The molecule has 1 N–H and O–H groups in total. The highest BCUT2D eigenvalue weighted by Crippen LogP contribution is 2.39. The predicted octanol–water partition coefficient (Wildman–Crippen LogP) is 4.78. The summed E-state index contributed by atoms with van der Waals surface area (Å²) in [7, 11) is 0. The van der Waals surface area contributed by atoms with E-state index in [4.69, 9.17) is 4.74 Å². The Hall–Kier alpha value is -0.0800. The molecule has 1 saturated heterocycles. The van der Waals surface area contributed by atoms with Gasteiger partial charge in [-0.25, -0.2) is 0 Å². The molecule has 0 aromatic heterocycles. The van der Waals surface area contributed by atoms with E-state index in [0.717, 1.165) is 24.4 Å². The molecule has 2 nitrogen and oxygen atoms in total. The SMILES string of the molecule is CCCC1CCC(CNC(C)C)C(CCC2CCCO2)C1. The zero-order chi connectivity index (χ0) is 15.1. The summed E-state index contributed by atoms with van der Waals surface area (Å²) in [4.78, 5) is 0. The number of ether oxygens (including phenoxy) is 1. The second-order valence-corrected chi connectivity index (χ2v) is 7.76. The topological polar surface area (TPSA) is 21.3 Å². The molecule has 124 valence electrons. The largest absolute Gasteiger partial charge is 0.378 e.